The summed E-state index contributed by atoms with van der Waals surface area (Å²) < 4.78 is 15.5. The Balaban J connectivity index is 1.55. The molecule has 0 N–H and O–H groups in total. The Bertz CT molecular complexity index is 1120. The molecule has 1 saturated carbocycles. The maximum absolute atomic E-state index is 12.4. The quantitative estimate of drug-likeness (QED) is 0.633. The van der Waals surface area contributed by atoms with Crippen LogP contribution in [0.25, 0.3) is 16.8 Å². The highest BCUT2D eigenvalue weighted by Gasteiger charge is 2.47. The van der Waals surface area contributed by atoms with Gasteiger partial charge in [-0.1, -0.05) is 0 Å². The highest BCUT2D eigenvalue weighted by atomic mass is 16.6. The lowest BCUT2D eigenvalue weighted by Crippen LogP contribution is -2.57. The summed E-state index contributed by atoms with van der Waals surface area (Å²) in [5, 5.41) is 8.68. The minimum Gasteiger partial charge on any atom is -0.470 e. The van der Waals surface area contributed by atoms with Gasteiger partial charge in [-0.05, 0) is 34.6 Å². The van der Waals surface area contributed by atoms with Crippen molar-refractivity contribution < 1.29 is 14.3 Å². The van der Waals surface area contributed by atoms with E-state index < -0.39 is 11.2 Å². The third kappa shape index (κ3) is 4.22. The lowest BCUT2D eigenvalue weighted by molar-refractivity contribution is -0.0588. The first-order chi connectivity index (χ1) is 14.4. The van der Waals surface area contributed by atoms with Crippen LogP contribution < -0.4 is 4.74 Å². The summed E-state index contributed by atoms with van der Waals surface area (Å²) in [7, 11) is 3.65. The van der Waals surface area contributed by atoms with Gasteiger partial charge in [-0.2, -0.15) is 10.2 Å². The normalized spacial score (nSPS) is 21.1. The molecule has 4 rings (SSSR count). The zero-order valence-electron chi connectivity index (χ0n) is 19.2. The monoisotopic (exact) mass is 426 g/mol. The number of rotatable bonds is 4. The molecule has 0 spiro atoms. The van der Waals surface area contributed by atoms with E-state index in [1.165, 1.54) is 0 Å². The van der Waals surface area contributed by atoms with E-state index in [0.29, 0.717) is 18.7 Å². The molecule has 1 fully saturated rings. The highest BCUT2D eigenvalue weighted by Crippen LogP contribution is 2.40. The molecule has 3 aromatic rings. The van der Waals surface area contributed by atoms with Crippen LogP contribution in [0, 0.1) is 6.92 Å². The van der Waals surface area contributed by atoms with Crippen LogP contribution in [0.1, 0.15) is 46.1 Å². The molecule has 9 heteroatoms. The molecule has 1 amide bonds. The molecule has 1 aliphatic rings. The average Bonchev–Trinajstić information content (AvgIpc) is 3.23. The topological polar surface area (TPSA) is 86.8 Å². The van der Waals surface area contributed by atoms with E-state index in [4.69, 9.17) is 14.5 Å². The van der Waals surface area contributed by atoms with E-state index in [1.807, 2.05) is 54.1 Å². The Kier molecular flexibility index (Phi) is 4.94. The van der Waals surface area contributed by atoms with Crippen molar-refractivity contribution >= 4 is 11.6 Å². The summed E-state index contributed by atoms with van der Waals surface area (Å²) in [4.78, 5) is 18.8. The minimum atomic E-state index is -0.517. The highest BCUT2D eigenvalue weighted by molar-refractivity contribution is 5.69. The van der Waals surface area contributed by atoms with E-state index in [2.05, 4.69) is 10.2 Å². The minimum absolute atomic E-state index is 0.0587. The van der Waals surface area contributed by atoms with Crippen molar-refractivity contribution in [3.63, 3.8) is 0 Å². The predicted molar refractivity (Wildman–Crippen MR) is 116 cm³/mol. The SMILES string of the molecule is Cc1cnn2cc(-c3cnn(C)c3)nc(OC3(C)CC(N(C)C(=O)OC(C)(C)C)C3)c12. The van der Waals surface area contributed by atoms with Gasteiger partial charge in [0.25, 0.3) is 0 Å². The van der Waals surface area contributed by atoms with Crippen molar-refractivity contribution in [3.8, 4) is 17.1 Å². The van der Waals surface area contributed by atoms with E-state index >= 15 is 0 Å². The molecule has 9 nitrogen and oxygen atoms in total. The van der Waals surface area contributed by atoms with Gasteiger partial charge in [0, 0.05) is 50.3 Å². The van der Waals surface area contributed by atoms with Crippen LogP contribution in [0.2, 0.25) is 0 Å². The van der Waals surface area contributed by atoms with Gasteiger partial charge in [0.15, 0.2) is 0 Å². The molecule has 3 aromatic heterocycles. The fourth-order valence-electron chi connectivity index (χ4n) is 3.89. The maximum Gasteiger partial charge on any atom is 0.410 e. The van der Waals surface area contributed by atoms with Gasteiger partial charge >= 0.3 is 6.09 Å². The van der Waals surface area contributed by atoms with Crippen molar-refractivity contribution in [2.45, 2.75) is 64.7 Å². The number of ether oxygens (including phenoxy) is 2. The first-order valence-electron chi connectivity index (χ1n) is 10.4. The first kappa shape index (κ1) is 21.1. The van der Waals surface area contributed by atoms with Crippen LogP contribution in [-0.2, 0) is 11.8 Å². The van der Waals surface area contributed by atoms with Crippen molar-refractivity contribution in [1.82, 2.24) is 29.3 Å². The van der Waals surface area contributed by atoms with E-state index in [-0.39, 0.29) is 12.1 Å². The van der Waals surface area contributed by atoms with Crippen molar-refractivity contribution in [3.05, 3.63) is 30.4 Å². The number of carbonyl (C=O) groups is 1. The second-order valence-corrected chi connectivity index (χ2v) is 9.66. The van der Waals surface area contributed by atoms with E-state index in [0.717, 1.165) is 22.3 Å². The lowest BCUT2D eigenvalue weighted by atomic mass is 9.76. The van der Waals surface area contributed by atoms with Crippen LogP contribution in [0.15, 0.2) is 24.8 Å². The Morgan fingerprint density at radius 2 is 1.94 bits per heavy atom. The second kappa shape index (κ2) is 7.25. The summed E-state index contributed by atoms with van der Waals surface area (Å²) >= 11 is 0. The molecular weight excluding hydrogens is 396 g/mol. The van der Waals surface area contributed by atoms with Gasteiger partial charge in [0.05, 0.1) is 24.3 Å². The van der Waals surface area contributed by atoms with Gasteiger partial charge in [-0.3, -0.25) is 4.68 Å². The number of hydrogen-bond donors (Lipinski definition) is 0. The smallest absolute Gasteiger partial charge is 0.410 e. The molecule has 1 aliphatic carbocycles. The zero-order chi connectivity index (χ0) is 22.6. The average molecular weight is 427 g/mol. The van der Waals surface area contributed by atoms with E-state index in [1.54, 1.807) is 33.5 Å². The standard InChI is InChI=1S/C22H30N6O3/c1-14-10-24-28-13-17(15-11-23-26(6)12-15)25-19(18(14)28)30-22(5)8-16(9-22)27(7)20(29)31-21(2,3)4/h10-13,16H,8-9H2,1-7H3. The summed E-state index contributed by atoms with van der Waals surface area (Å²) in [6, 6.07) is 0.0587. The summed E-state index contributed by atoms with van der Waals surface area (Å²) in [5.74, 6) is 0.539. The van der Waals surface area contributed by atoms with Gasteiger partial charge in [0.1, 0.15) is 16.7 Å². The number of carbonyl (C=O) groups excluding carboxylic acids is 1. The summed E-state index contributed by atoms with van der Waals surface area (Å²) in [6.07, 6.45) is 8.44. The number of aryl methyl sites for hydroxylation is 2. The molecule has 0 aromatic carbocycles. The molecule has 0 atom stereocenters. The molecule has 0 radical (unpaired) electrons. The predicted octanol–water partition coefficient (Wildman–Crippen LogP) is 3.61. The first-order valence-corrected chi connectivity index (χ1v) is 10.4. The van der Waals surface area contributed by atoms with Gasteiger partial charge in [-0.15, -0.1) is 0 Å². The molecule has 0 bridgehead atoms. The van der Waals surface area contributed by atoms with Crippen LogP contribution in [-0.4, -0.2) is 59.7 Å². The van der Waals surface area contributed by atoms with Crippen LogP contribution >= 0.6 is 0 Å². The fraction of sp³-hybridized carbons (Fsp3) is 0.545. The molecule has 0 unspecified atom stereocenters. The number of aromatic nitrogens is 5. The van der Waals surface area contributed by atoms with E-state index in [9.17, 15) is 4.79 Å². The zero-order valence-corrected chi connectivity index (χ0v) is 19.2. The molecular formula is C22H30N6O3. The third-order valence-corrected chi connectivity index (χ3v) is 5.56. The largest absolute Gasteiger partial charge is 0.470 e. The Labute approximate surface area is 182 Å². The Morgan fingerprint density at radius 3 is 2.55 bits per heavy atom. The number of hydrogen-bond acceptors (Lipinski definition) is 6. The van der Waals surface area contributed by atoms with Crippen LogP contribution in [0.5, 0.6) is 5.88 Å². The van der Waals surface area contributed by atoms with Crippen molar-refractivity contribution in [2.75, 3.05) is 7.05 Å². The number of amides is 1. The van der Waals surface area contributed by atoms with Crippen LogP contribution in [0.3, 0.4) is 0 Å². The lowest BCUT2D eigenvalue weighted by Gasteiger charge is -2.48. The van der Waals surface area contributed by atoms with Gasteiger partial charge < -0.3 is 14.4 Å². The summed E-state index contributed by atoms with van der Waals surface area (Å²) in [5.41, 5.74) is 2.52. The Morgan fingerprint density at radius 1 is 1.23 bits per heavy atom. The van der Waals surface area contributed by atoms with Crippen molar-refractivity contribution in [1.29, 1.82) is 0 Å². The molecule has 0 aliphatic heterocycles. The molecule has 31 heavy (non-hydrogen) atoms. The fourth-order valence-corrected chi connectivity index (χ4v) is 3.89. The van der Waals surface area contributed by atoms with Crippen molar-refractivity contribution in [2.24, 2.45) is 7.05 Å². The van der Waals surface area contributed by atoms with Gasteiger partial charge in [0.2, 0.25) is 5.88 Å². The second-order valence-electron chi connectivity index (χ2n) is 9.66. The Hall–Kier alpha value is -3.10. The van der Waals surface area contributed by atoms with Gasteiger partial charge in [-0.25, -0.2) is 14.3 Å². The van der Waals surface area contributed by atoms with Crippen LogP contribution in [0.4, 0.5) is 4.79 Å². The maximum atomic E-state index is 12.4. The number of fused-ring (bicyclic) bond motifs is 1. The third-order valence-electron chi connectivity index (χ3n) is 5.56. The molecule has 0 saturated heterocycles. The number of nitrogens with zero attached hydrogens (tertiary/aromatic N) is 6. The molecule has 3 heterocycles. The summed E-state index contributed by atoms with van der Waals surface area (Å²) in [6.45, 7) is 9.64. The molecule has 166 valence electrons.